The van der Waals surface area contributed by atoms with Crippen molar-refractivity contribution in [3.8, 4) is 0 Å². The predicted molar refractivity (Wildman–Crippen MR) is 92.7 cm³/mol. The molecule has 1 heterocycles. The van der Waals surface area contributed by atoms with Crippen LogP contribution in [-0.2, 0) is 4.79 Å². The van der Waals surface area contributed by atoms with E-state index in [0.29, 0.717) is 12.1 Å². The van der Waals surface area contributed by atoms with Gasteiger partial charge < -0.3 is 15.1 Å². The number of amides is 2. The Balaban J connectivity index is 2.04. The lowest BCUT2D eigenvalue weighted by molar-refractivity contribution is -0.125. The van der Waals surface area contributed by atoms with Crippen molar-refractivity contribution < 1.29 is 9.59 Å². The zero-order chi connectivity index (χ0) is 17.0. The Morgan fingerprint density at radius 3 is 2.70 bits per heavy atom. The fourth-order valence-electron chi connectivity index (χ4n) is 2.75. The zero-order valence-corrected chi connectivity index (χ0v) is 14.5. The van der Waals surface area contributed by atoms with E-state index in [1.807, 2.05) is 62.0 Å². The maximum atomic E-state index is 12.7. The highest BCUT2D eigenvalue weighted by atomic mass is 16.2. The van der Waals surface area contributed by atoms with E-state index in [0.717, 1.165) is 25.1 Å². The minimum Gasteiger partial charge on any atom is -0.378 e. The van der Waals surface area contributed by atoms with Crippen LogP contribution in [0.25, 0.3) is 0 Å². The van der Waals surface area contributed by atoms with Crippen LogP contribution in [0.3, 0.4) is 0 Å². The molecule has 0 radical (unpaired) electrons. The molecule has 1 saturated heterocycles. The summed E-state index contributed by atoms with van der Waals surface area (Å²) in [6.07, 6.45) is 1.85. The number of carbonyl (C=O) groups is 2. The molecule has 1 aromatic rings. The van der Waals surface area contributed by atoms with Crippen molar-refractivity contribution in [2.75, 3.05) is 32.1 Å². The van der Waals surface area contributed by atoms with E-state index in [-0.39, 0.29) is 23.8 Å². The Morgan fingerprint density at radius 2 is 2.04 bits per heavy atom. The van der Waals surface area contributed by atoms with Crippen LogP contribution >= 0.6 is 0 Å². The highest BCUT2D eigenvalue weighted by Gasteiger charge is 2.26. The van der Waals surface area contributed by atoms with Crippen molar-refractivity contribution in [1.29, 1.82) is 0 Å². The minimum absolute atomic E-state index is 0.0298. The van der Waals surface area contributed by atoms with Gasteiger partial charge in [0.1, 0.15) is 0 Å². The molecule has 0 aliphatic carbocycles. The van der Waals surface area contributed by atoms with Crippen LogP contribution in [0.4, 0.5) is 5.69 Å². The predicted octanol–water partition coefficient (Wildman–Crippen LogP) is 2.13. The molecule has 0 bridgehead atoms. The normalized spacial score (nSPS) is 18.0. The van der Waals surface area contributed by atoms with Crippen molar-refractivity contribution in [2.45, 2.75) is 32.7 Å². The highest BCUT2D eigenvalue weighted by Crippen LogP contribution is 2.18. The van der Waals surface area contributed by atoms with Crippen LogP contribution in [0.2, 0.25) is 0 Å². The number of hydrogen-bond donors (Lipinski definition) is 1. The summed E-state index contributed by atoms with van der Waals surface area (Å²) in [7, 11) is 3.92. The van der Waals surface area contributed by atoms with E-state index in [1.165, 1.54) is 0 Å². The number of anilines is 1. The summed E-state index contributed by atoms with van der Waals surface area (Å²) in [6.45, 7) is 5.10. The Labute approximate surface area is 138 Å². The quantitative estimate of drug-likeness (QED) is 0.925. The first-order valence-corrected chi connectivity index (χ1v) is 8.25. The van der Waals surface area contributed by atoms with Gasteiger partial charge in [0.25, 0.3) is 5.91 Å². The van der Waals surface area contributed by atoms with Crippen molar-refractivity contribution in [3.63, 3.8) is 0 Å². The largest absolute Gasteiger partial charge is 0.378 e. The van der Waals surface area contributed by atoms with Crippen molar-refractivity contribution in [2.24, 2.45) is 5.92 Å². The third kappa shape index (κ3) is 4.47. The van der Waals surface area contributed by atoms with E-state index in [9.17, 15) is 9.59 Å². The summed E-state index contributed by atoms with van der Waals surface area (Å²) in [6, 6.07) is 7.72. The van der Waals surface area contributed by atoms with Crippen LogP contribution in [0, 0.1) is 5.92 Å². The fourth-order valence-corrected chi connectivity index (χ4v) is 2.75. The third-order valence-corrected chi connectivity index (χ3v) is 4.19. The first-order valence-electron chi connectivity index (χ1n) is 8.25. The number of nitrogens with one attached hydrogen (secondary N) is 1. The van der Waals surface area contributed by atoms with Crippen molar-refractivity contribution >= 4 is 17.5 Å². The van der Waals surface area contributed by atoms with Gasteiger partial charge in [0.2, 0.25) is 5.91 Å². The van der Waals surface area contributed by atoms with E-state index >= 15 is 0 Å². The molecule has 5 heteroatoms. The molecule has 1 aromatic carbocycles. The lowest BCUT2D eigenvalue weighted by atomic mass is 10.0. The van der Waals surface area contributed by atoms with E-state index in [1.54, 1.807) is 0 Å². The first-order chi connectivity index (χ1) is 10.9. The zero-order valence-electron chi connectivity index (χ0n) is 14.5. The molecule has 1 fully saturated rings. The standard InChI is InChI=1S/C18H27N3O2/c1-13(2)17(22)19-15-8-6-10-21(12-15)18(23)14-7-5-9-16(11-14)20(3)4/h5,7,9,11,13,15H,6,8,10,12H2,1-4H3,(H,19,22)/t15-/m0/s1. The maximum absolute atomic E-state index is 12.7. The number of nitrogens with zero attached hydrogens (tertiary/aromatic N) is 2. The third-order valence-electron chi connectivity index (χ3n) is 4.19. The second-order valence-corrected chi connectivity index (χ2v) is 6.70. The molecule has 23 heavy (non-hydrogen) atoms. The van der Waals surface area contributed by atoms with Crippen LogP contribution in [-0.4, -0.2) is 49.9 Å². The number of hydrogen-bond acceptors (Lipinski definition) is 3. The minimum atomic E-state index is -0.0298. The Hall–Kier alpha value is -2.04. The molecule has 1 N–H and O–H groups in total. The molecular formula is C18H27N3O2. The molecule has 0 saturated carbocycles. The number of carbonyl (C=O) groups excluding carboxylic acids is 2. The Morgan fingerprint density at radius 1 is 1.30 bits per heavy atom. The van der Waals surface area contributed by atoms with Gasteiger partial charge in [-0.15, -0.1) is 0 Å². The summed E-state index contributed by atoms with van der Waals surface area (Å²) in [5, 5.41) is 3.04. The van der Waals surface area contributed by atoms with Crippen LogP contribution in [0.1, 0.15) is 37.0 Å². The second-order valence-electron chi connectivity index (χ2n) is 6.70. The van der Waals surface area contributed by atoms with Gasteiger partial charge in [0.15, 0.2) is 0 Å². The molecule has 0 spiro atoms. The van der Waals surface area contributed by atoms with Crippen LogP contribution in [0.5, 0.6) is 0 Å². The summed E-state index contributed by atoms with van der Waals surface area (Å²) < 4.78 is 0. The molecule has 126 valence electrons. The van der Waals surface area contributed by atoms with Crippen LogP contribution < -0.4 is 10.2 Å². The molecule has 1 aliphatic rings. The molecule has 1 aliphatic heterocycles. The van der Waals surface area contributed by atoms with Gasteiger partial charge in [-0.05, 0) is 31.0 Å². The number of rotatable bonds is 4. The number of likely N-dealkylation sites (tertiary alicyclic amines) is 1. The molecule has 1 atom stereocenters. The smallest absolute Gasteiger partial charge is 0.253 e. The average molecular weight is 317 g/mol. The lowest BCUT2D eigenvalue weighted by Crippen LogP contribution is -2.50. The van der Waals surface area contributed by atoms with Gasteiger partial charge >= 0.3 is 0 Å². The SMILES string of the molecule is CC(C)C(=O)N[C@H]1CCCN(C(=O)c2cccc(N(C)C)c2)C1. The second kappa shape index (κ2) is 7.49. The molecule has 2 rings (SSSR count). The van der Waals surface area contributed by atoms with E-state index in [2.05, 4.69) is 5.32 Å². The molecule has 0 unspecified atom stereocenters. The first kappa shape index (κ1) is 17.3. The van der Waals surface area contributed by atoms with Crippen LogP contribution in [0.15, 0.2) is 24.3 Å². The fraction of sp³-hybridized carbons (Fsp3) is 0.556. The number of piperidine rings is 1. The lowest BCUT2D eigenvalue weighted by Gasteiger charge is -2.33. The van der Waals surface area contributed by atoms with E-state index in [4.69, 9.17) is 0 Å². The highest BCUT2D eigenvalue weighted by molar-refractivity contribution is 5.95. The molecular weight excluding hydrogens is 290 g/mol. The maximum Gasteiger partial charge on any atom is 0.253 e. The monoisotopic (exact) mass is 317 g/mol. The Kier molecular flexibility index (Phi) is 5.64. The van der Waals surface area contributed by atoms with Gasteiger partial charge in [-0.1, -0.05) is 19.9 Å². The number of benzene rings is 1. The van der Waals surface area contributed by atoms with Crippen molar-refractivity contribution in [3.05, 3.63) is 29.8 Å². The summed E-state index contributed by atoms with van der Waals surface area (Å²) >= 11 is 0. The molecule has 2 amide bonds. The van der Waals surface area contributed by atoms with E-state index < -0.39 is 0 Å². The van der Waals surface area contributed by atoms with Gasteiger partial charge in [-0.25, -0.2) is 0 Å². The van der Waals surface area contributed by atoms with Gasteiger partial charge in [-0.2, -0.15) is 0 Å². The molecule has 0 aromatic heterocycles. The topological polar surface area (TPSA) is 52.7 Å². The molecule has 5 nitrogen and oxygen atoms in total. The summed E-state index contributed by atoms with van der Waals surface area (Å²) in [5.41, 5.74) is 1.71. The van der Waals surface area contributed by atoms with Gasteiger partial charge in [0, 0.05) is 50.4 Å². The van der Waals surface area contributed by atoms with Gasteiger partial charge in [-0.3, -0.25) is 9.59 Å². The summed E-state index contributed by atoms with van der Waals surface area (Å²) in [5.74, 6) is 0.0638. The van der Waals surface area contributed by atoms with Gasteiger partial charge in [0.05, 0.1) is 0 Å². The average Bonchev–Trinajstić information content (AvgIpc) is 2.54. The Bertz CT molecular complexity index is 569. The van der Waals surface area contributed by atoms with Crippen molar-refractivity contribution in [1.82, 2.24) is 10.2 Å². The summed E-state index contributed by atoms with van der Waals surface area (Å²) in [4.78, 5) is 28.4.